The summed E-state index contributed by atoms with van der Waals surface area (Å²) in [6.45, 7) is 1.85. The van der Waals surface area contributed by atoms with Gasteiger partial charge in [0.1, 0.15) is 5.82 Å². The van der Waals surface area contributed by atoms with Gasteiger partial charge in [0.15, 0.2) is 17.3 Å². The number of pyridine rings is 1. The summed E-state index contributed by atoms with van der Waals surface area (Å²) in [7, 11) is 3.12. The number of nitrogens with one attached hydrogen (secondary N) is 2. The van der Waals surface area contributed by atoms with E-state index >= 15 is 0 Å². The van der Waals surface area contributed by atoms with Crippen LogP contribution in [0.1, 0.15) is 37.7 Å². The minimum atomic E-state index is -0.584. The first-order valence-corrected chi connectivity index (χ1v) is 11.1. The molecular formula is C24H24BrN3O4. The van der Waals surface area contributed by atoms with Gasteiger partial charge in [0.2, 0.25) is 0 Å². The molecule has 7 nitrogen and oxygen atoms in total. The number of aromatic nitrogens is 1. The summed E-state index contributed by atoms with van der Waals surface area (Å²) in [4.78, 5) is 30.9. The molecule has 0 radical (unpaired) electrons. The molecule has 1 amide bonds. The van der Waals surface area contributed by atoms with Gasteiger partial charge in [-0.25, -0.2) is 4.98 Å². The SMILES string of the molecule is COc1cccc(C2C(C(=O)Nc3ccc(Br)cn3)=C(C)NC3=C2C(=O)CCC3)c1OC. The number of dihydropyridines is 1. The van der Waals surface area contributed by atoms with E-state index in [1.807, 2.05) is 19.1 Å². The maximum Gasteiger partial charge on any atom is 0.255 e. The number of ether oxygens (including phenoxy) is 2. The molecular weight excluding hydrogens is 474 g/mol. The highest BCUT2D eigenvalue weighted by molar-refractivity contribution is 9.10. The average Bonchev–Trinajstić information content (AvgIpc) is 2.79. The van der Waals surface area contributed by atoms with E-state index in [1.165, 1.54) is 0 Å². The van der Waals surface area contributed by atoms with E-state index in [9.17, 15) is 9.59 Å². The number of anilines is 1. The predicted octanol–water partition coefficient (Wildman–Crippen LogP) is 4.47. The van der Waals surface area contributed by atoms with Gasteiger partial charge >= 0.3 is 0 Å². The number of methoxy groups -OCH3 is 2. The standard InChI is InChI=1S/C24H24BrN3O4/c1-13-20(24(30)28-19-11-10-14(25)12-26-19)21(22-16(27-13)7-5-8-17(22)29)15-6-4-9-18(31-2)23(15)32-3/h4,6,9-12,21,27H,5,7-8H2,1-3H3,(H,26,28,30). The van der Waals surface area contributed by atoms with Crippen LogP contribution in [0.2, 0.25) is 0 Å². The van der Waals surface area contributed by atoms with Crippen molar-refractivity contribution >= 4 is 33.4 Å². The molecule has 0 fully saturated rings. The molecule has 8 heteroatoms. The van der Waals surface area contributed by atoms with Crippen molar-refractivity contribution in [2.24, 2.45) is 0 Å². The van der Waals surface area contributed by atoms with Crippen molar-refractivity contribution in [3.8, 4) is 11.5 Å². The number of amides is 1. The number of carbonyl (C=O) groups excluding carboxylic acids is 2. The molecule has 0 bridgehead atoms. The summed E-state index contributed by atoms with van der Waals surface area (Å²) < 4.78 is 12.0. The molecule has 1 atom stereocenters. The Balaban J connectivity index is 1.85. The molecule has 166 valence electrons. The fourth-order valence-electron chi connectivity index (χ4n) is 4.37. The molecule has 1 aliphatic heterocycles. The van der Waals surface area contributed by atoms with E-state index in [0.29, 0.717) is 46.1 Å². The van der Waals surface area contributed by atoms with E-state index in [2.05, 4.69) is 31.5 Å². The molecule has 1 aliphatic carbocycles. The van der Waals surface area contributed by atoms with E-state index < -0.39 is 5.92 Å². The number of benzene rings is 1. The summed E-state index contributed by atoms with van der Waals surface area (Å²) in [6.07, 6.45) is 3.60. The third-order valence-electron chi connectivity index (χ3n) is 5.73. The molecule has 0 saturated heterocycles. The number of Topliss-reactive ketones (excluding diaryl/α,β-unsaturated/α-hetero) is 1. The lowest BCUT2D eigenvalue weighted by atomic mass is 9.74. The third-order valence-corrected chi connectivity index (χ3v) is 6.20. The zero-order valence-electron chi connectivity index (χ0n) is 18.1. The molecule has 32 heavy (non-hydrogen) atoms. The summed E-state index contributed by atoms with van der Waals surface area (Å²) >= 11 is 3.35. The zero-order chi connectivity index (χ0) is 22.8. The molecule has 2 N–H and O–H groups in total. The van der Waals surface area contributed by atoms with Crippen LogP contribution < -0.4 is 20.1 Å². The fraction of sp³-hybridized carbons (Fsp3) is 0.292. The van der Waals surface area contributed by atoms with Crippen LogP contribution in [-0.2, 0) is 9.59 Å². The maximum absolute atomic E-state index is 13.5. The second kappa shape index (κ2) is 9.16. The Labute approximate surface area is 195 Å². The normalized spacial score (nSPS) is 18.1. The van der Waals surface area contributed by atoms with E-state index in [0.717, 1.165) is 23.0 Å². The zero-order valence-corrected chi connectivity index (χ0v) is 19.7. The number of carbonyl (C=O) groups is 2. The number of nitrogens with zero attached hydrogens (tertiary/aromatic N) is 1. The second-order valence-corrected chi connectivity index (χ2v) is 8.58. The van der Waals surface area contributed by atoms with Crippen LogP contribution in [0.4, 0.5) is 5.82 Å². The quantitative estimate of drug-likeness (QED) is 0.633. The van der Waals surface area contributed by atoms with Crippen molar-refractivity contribution < 1.29 is 19.1 Å². The molecule has 1 aromatic heterocycles. The van der Waals surface area contributed by atoms with Crippen LogP contribution in [0.15, 0.2) is 63.5 Å². The summed E-state index contributed by atoms with van der Waals surface area (Å²) in [5, 5.41) is 6.19. The van der Waals surface area contributed by atoms with Crippen LogP contribution in [0.25, 0.3) is 0 Å². The van der Waals surface area contributed by atoms with Gasteiger partial charge in [-0.1, -0.05) is 12.1 Å². The van der Waals surface area contributed by atoms with Gasteiger partial charge in [-0.3, -0.25) is 9.59 Å². The van der Waals surface area contributed by atoms with Crippen molar-refractivity contribution in [1.82, 2.24) is 10.3 Å². The molecule has 4 rings (SSSR count). The average molecular weight is 498 g/mol. The maximum atomic E-state index is 13.5. The van der Waals surface area contributed by atoms with Crippen molar-refractivity contribution in [2.75, 3.05) is 19.5 Å². The Kier molecular flexibility index (Phi) is 6.32. The third kappa shape index (κ3) is 4.02. The number of hydrogen-bond acceptors (Lipinski definition) is 6. The van der Waals surface area contributed by atoms with Gasteiger partial charge in [0.05, 0.1) is 20.1 Å². The molecule has 0 spiro atoms. The van der Waals surface area contributed by atoms with Crippen molar-refractivity contribution in [3.05, 3.63) is 69.1 Å². The Morgan fingerprint density at radius 3 is 2.69 bits per heavy atom. The number of ketones is 1. The topological polar surface area (TPSA) is 89.5 Å². The van der Waals surface area contributed by atoms with Crippen molar-refractivity contribution in [3.63, 3.8) is 0 Å². The Hall–Kier alpha value is -3.13. The minimum absolute atomic E-state index is 0.0354. The minimum Gasteiger partial charge on any atom is -0.493 e. The first-order chi connectivity index (χ1) is 15.4. The van der Waals surface area contributed by atoms with E-state index in [1.54, 1.807) is 38.6 Å². The molecule has 1 aromatic carbocycles. The van der Waals surface area contributed by atoms with Crippen LogP contribution in [0.5, 0.6) is 11.5 Å². The smallest absolute Gasteiger partial charge is 0.255 e. The van der Waals surface area contributed by atoms with Gasteiger partial charge in [-0.2, -0.15) is 0 Å². The van der Waals surface area contributed by atoms with Crippen LogP contribution in [0, 0.1) is 0 Å². The van der Waals surface area contributed by atoms with Gasteiger partial charge < -0.3 is 20.1 Å². The lowest BCUT2D eigenvalue weighted by Gasteiger charge is -2.35. The summed E-state index contributed by atoms with van der Waals surface area (Å²) in [5.74, 6) is 0.592. The Bertz CT molecular complexity index is 1140. The summed E-state index contributed by atoms with van der Waals surface area (Å²) in [6, 6.07) is 9.03. The molecule has 2 heterocycles. The van der Waals surface area contributed by atoms with Gasteiger partial charge in [-0.15, -0.1) is 0 Å². The Morgan fingerprint density at radius 1 is 1.19 bits per heavy atom. The van der Waals surface area contributed by atoms with Gasteiger partial charge in [0, 0.05) is 45.2 Å². The number of rotatable bonds is 5. The van der Waals surface area contributed by atoms with E-state index in [-0.39, 0.29) is 11.7 Å². The largest absolute Gasteiger partial charge is 0.493 e. The van der Waals surface area contributed by atoms with Crippen LogP contribution in [-0.4, -0.2) is 30.9 Å². The monoisotopic (exact) mass is 497 g/mol. The fourth-order valence-corrected chi connectivity index (χ4v) is 4.60. The second-order valence-electron chi connectivity index (χ2n) is 7.66. The molecule has 2 aromatic rings. The van der Waals surface area contributed by atoms with E-state index in [4.69, 9.17) is 9.47 Å². The lowest BCUT2D eigenvalue weighted by Crippen LogP contribution is -2.35. The van der Waals surface area contributed by atoms with Crippen LogP contribution >= 0.6 is 15.9 Å². The number of allylic oxidation sites excluding steroid dienone is 3. The highest BCUT2D eigenvalue weighted by Crippen LogP contribution is 2.47. The van der Waals surface area contributed by atoms with Crippen LogP contribution in [0.3, 0.4) is 0 Å². The highest BCUT2D eigenvalue weighted by atomic mass is 79.9. The number of halogens is 1. The first kappa shape index (κ1) is 22.1. The van der Waals surface area contributed by atoms with Crippen molar-refractivity contribution in [2.45, 2.75) is 32.1 Å². The van der Waals surface area contributed by atoms with Gasteiger partial charge in [0.25, 0.3) is 5.91 Å². The van der Waals surface area contributed by atoms with Crippen molar-refractivity contribution in [1.29, 1.82) is 0 Å². The highest BCUT2D eigenvalue weighted by Gasteiger charge is 2.40. The number of para-hydroxylation sites is 1. The van der Waals surface area contributed by atoms with Gasteiger partial charge in [-0.05, 0) is 53.9 Å². The first-order valence-electron chi connectivity index (χ1n) is 10.3. The summed E-state index contributed by atoms with van der Waals surface area (Å²) in [5.41, 5.74) is 3.34. The molecule has 0 saturated carbocycles. The predicted molar refractivity (Wildman–Crippen MR) is 125 cm³/mol. The Morgan fingerprint density at radius 2 is 2.00 bits per heavy atom. The molecule has 1 unspecified atom stereocenters. The molecule has 2 aliphatic rings. The lowest BCUT2D eigenvalue weighted by molar-refractivity contribution is -0.116. The number of hydrogen-bond donors (Lipinski definition) is 2.